The largest absolute Gasteiger partial charge is 0.352 e. The molecule has 2 rings (SSSR count). The van der Waals surface area contributed by atoms with Gasteiger partial charge >= 0.3 is 0 Å². The number of amides is 1. The second-order valence-electron chi connectivity index (χ2n) is 4.55. The molecule has 0 aromatic heterocycles. The molecule has 0 saturated heterocycles. The monoisotopic (exact) mass is 236 g/mol. The Balaban J connectivity index is 1.85. The van der Waals surface area contributed by atoms with Gasteiger partial charge in [-0.2, -0.15) is 0 Å². The summed E-state index contributed by atoms with van der Waals surface area (Å²) in [5, 5.41) is 2.93. The maximum absolute atomic E-state index is 12.7. The van der Waals surface area contributed by atoms with Crippen molar-refractivity contribution in [3.05, 3.63) is 35.6 Å². The van der Waals surface area contributed by atoms with Crippen LogP contribution in [0.1, 0.15) is 18.4 Å². The summed E-state index contributed by atoms with van der Waals surface area (Å²) in [6.07, 6.45) is 2.58. The zero-order valence-electron chi connectivity index (χ0n) is 9.66. The Hall–Kier alpha value is -1.42. The van der Waals surface area contributed by atoms with Gasteiger partial charge in [-0.25, -0.2) is 4.39 Å². The molecule has 1 fully saturated rings. The lowest BCUT2D eigenvalue weighted by Crippen LogP contribution is -2.42. The molecule has 1 aliphatic carbocycles. The lowest BCUT2D eigenvalue weighted by atomic mass is 10.1. The van der Waals surface area contributed by atoms with E-state index in [1.807, 2.05) is 0 Å². The molecule has 4 heteroatoms. The number of carbonyl (C=O) groups excluding carboxylic acids is 1. The van der Waals surface area contributed by atoms with Gasteiger partial charge < -0.3 is 11.1 Å². The molecule has 1 aromatic rings. The lowest BCUT2D eigenvalue weighted by Gasteiger charge is -2.15. The van der Waals surface area contributed by atoms with E-state index < -0.39 is 0 Å². The van der Waals surface area contributed by atoms with E-state index in [0.717, 1.165) is 18.4 Å². The number of rotatable bonds is 5. The number of hydrogen-bond donors (Lipinski definition) is 2. The smallest absolute Gasteiger partial charge is 0.224 e. The summed E-state index contributed by atoms with van der Waals surface area (Å²) in [5.74, 6) is 0.225. The minimum atomic E-state index is -0.285. The minimum absolute atomic E-state index is 0.0426. The topological polar surface area (TPSA) is 55.1 Å². The quantitative estimate of drug-likeness (QED) is 0.807. The van der Waals surface area contributed by atoms with Crippen molar-refractivity contribution in [1.29, 1.82) is 0 Å². The first-order chi connectivity index (χ1) is 8.19. The van der Waals surface area contributed by atoms with Gasteiger partial charge in [-0.15, -0.1) is 0 Å². The molecule has 1 saturated carbocycles. The van der Waals surface area contributed by atoms with E-state index in [0.29, 0.717) is 12.5 Å². The van der Waals surface area contributed by atoms with E-state index in [2.05, 4.69) is 5.32 Å². The van der Waals surface area contributed by atoms with Crippen LogP contribution in [-0.4, -0.2) is 18.5 Å². The van der Waals surface area contributed by atoms with Gasteiger partial charge in [-0.1, -0.05) is 12.1 Å². The van der Waals surface area contributed by atoms with Crippen LogP contribution < -0.4 is 11.1 Å². The average molecular weight is 236 g/mol. The Kier molecular flexibility index (Phi) is 3.74. The summed E-state index contributed by atoms with van der Waals surface area (Å²) in [5.41, 5.74) is 6.43. The van der Waals surface area contributed by atoms with Crippen molar-refractivity contribution < 1.29 is 9.18 Å². The molecule has 1 atom stereocenters. The molecular weight excluding hydrogens is 219 g/mol. The van der Waals surface area contributed by atoms with Gasteiger partial charge in [0.15, 0.2) is 0 Å². The van der Waals surface area contributed by atoms with E-state index in [1.165, 1.54) is 12.1 Å². The SMILES string of the molecule is NCC(NC(=O)Cc1ccc(F)cc1)C1CC1. The highest BCUT2D eigenvalue weighted by molar-refractivity contribution is 5.78. The summed E-state index contributed by atoms with van der Waals surface area (Å²) in [6.45, 7) is 0.486. The molecule has 0 spiro atoms. The third-order valence-electron chi connectivity index (χ3n) is 3.07. The maximum atomic E-state index is 12.7. The molecule has 0 bridgehead atoms. The van der Waals surface area contributed by atoms with Crippen LogP contribution in [0.4, 0.5) is 4.39 Å². The van der Waals surface area contributed by atoms with Crippen molar-refractivity contribution in [1.82, 2.24) is 5.32 Å². The fourth-order valence-electron chi connectivity index (χ4n) is 1.91. The number of nitrogens with two attached hydrogens (primary N) is 1. The second kappa shape index (κ2) is 5.27. The van der Waals surface area contributed by atoms with Crippen molar-refractivity contribution in [2.24, 2.45) is 11.7 Å². The molecule has 92 valence electrons. The number of hydrogen-bond acceptors (Lipinski definition) is 2. The standard InChI is InChI=1S/C13H17FN2O/c14-11-5-1-9(2-6-11)7-13(17)16-12(8-15)10-3-4-10/h1-2,5-6,10,12H,3-4,7-8,15H2,(H,16,17). The Bertz CT molecular complexity index is 387. The first kappa shape index (κ1) is 12.0. The van der Waals surface area contributed by atoms with Crippen molar-refractivity contribution >= 4 is 5.91 Å². The van der Waals surface area contributed by atoms with Crippen molar-refractivity contribution in [3.8, 4) is 0 Å². The normalized spacial score (nSPS) is 16.6. The van der Waals surface area contributed by atoms with Gasteiger partial charge in [0.1, 0.15) is 5.82 Å². The third-order valence-corrected chi connectivity index (χ3v) is 3.07. The fourth-order valence-corrected chi connectivity index (χ4v) is 1.91. The molecule has 1 unspecified atom stereocenters. The predicted molar refractivity (Wildman–Crippen MR) is 63.8 cm³/mol. The average Bonchev–Trinajstić information content (AvgIpc) is 3.13. The minimum Gasteiger partial charge on any atom is -0.352 e. The van der Waals surface area contributed by atoms with Gasteiger partial charge in [-0.05, 0) is 36.5 Å². The summed E-state index contributed by atoms with van der Waals surface area (Å²) in [7, 11) is 0. The highest BCUT2D eigenvalue weighted by Crippen LogP contribution is 2.32. The molecule has 3 N–H and O–H groups in total. The Morgan fingerprint density at radius 2 is 2.06 bits per heavy atom. The highest BCUT2D eigenvalue weighted by Gasteiger charge is 2.31. The summed E-state index contributed by atoms with van der Waals surface area (Å²) >= 11 is 0. The van der Waals surface area contributed by atoms with E-state index in [1.54, 1.807) is 12.1 Å². The van der Waals surface area contributed by atoms with Crippen LogP contribution in [0.15, 0.2) is 24.3 Å². The van der Waals surface area contributed by atoms with Crippen LogP contribution in [0.3, 0.4) is 0 Å². The molecule has 0 heterocycles. The predicted octanol–water partition coefficient (Wildman–Crippen LogP) is 1.22. The first-order valence-electron chi connectivity index (χ1n) is 5.93. The number of benzene rings is 1. The van der Waals surface area contributed by atoms with E-state index in [-0.39, 0.29) is 24.2 Å². The zero-order valence-corrected chi connectivity index (χ0v) is 9.66. The molecule has 1 amide bonds. The van der Waals surface area contributed by atoms with E-state index >= 15 is 0 Å². The van der Waals surface area contributed by atoms with Crippen LogP contribution >= 0.6 is 0 Å². The van der Waals surface area contributed by atoms with Gasteiger partial charge in [0, 0.05) is 12.6 Å². The van der Waals surface area contributed by atoms with Gasteiger partial charge in [-0.3, -0.25) is 4.79 Å². The van der Waals surface area contributed by atoms with Gasteiger partial charge in [0.25, 0.3) is 0 Å². The van der Waals surface area contributed by atoms with Gasteiger partial charge in [0.2, 0.25) is 5.91 Å². The van der Waals surface area contributed by atoms with Crippen LogP contribution in [0.5, 0.6) is 0 Å². The molecular formula is C13H17FN2O. The molecule has 17 heavy (non-hydrogen) atoms. The van der Waals surface area contributed by atoms with Crippen LogP contribution in [0.2, 0.25) is 0 Å². The maximum Gasteiger partial charge on any atom is 0.224 e. The summed E-state index contributed by atoms with van der Waals surface area (Å²) < 4.78 is 12.7. The summed E-state index contributed by atoms with van der Waals surface area (Å²) in [6, 6.07) is 6.09. The van der Waals surface area contributed by atoms with E-state index in [9.17, 15) is 9.18 Å². The first-order valence-corrected chi connectivity index (χ1v) is 5.93. The Labute approximate surface area is 100 Å². The number of carbonyl (C=O) groups is 1. The van der Waals surface area contributed by atoms with E-state index in [4.69, 9.17) is 5.73 Å². The molecule has 3 nitrogen and oxygen atoms in total. The fraction of sp³-hybridized carbons (Fsp3) is 0.462. The van der Waals surface area contributed by atoms with Crippen LogP contribution in [-0.2, 0) is 11.2 Å². The molecule has 1 aromatic carbocycles. The molecule has 1 aliphatic rings. The Morgan fingerprint density at radius 3 is 2.59 bits per heavy atom. The molecule has 0 aliphatic heterocycles. The number of halogens is 1. The Morgan fingerprint density at radius 1 is 1.41 bits per heavy atom. The number of nitrogens with one attached hydrogen (secondary N) is 1. The van der Waals surface area contributed by atoms with Crippen LogP contribution in [0.25, 0.3) is 0 Å². The lowest BCUT2D eigenvalue weighted by molar-refractivity contribution is -0.121. The highest BCUT2D eigenvalue weighted by atomic mass is 19.1. The molecule has 0 radical (unpaired) electrons. The van der Waals surface area contributed by atoms with Crippen molar-refractivity contribution in [3.63, 3.8) is 0 Å². The van der Waals surface area contributed by atoms with Gasteiger partial charge in [0.05, 0.1) is 6.42 Å². The second-order valence-corrected chi connectivity index (χ2v) is 4.55. The zero-order chi connectivity index (χ0) is 12.3. The van der Waals surface area contributed by atoms with Crippen molar-refractivity contribution in [2.45, 2.75) is 25.3 Å². The third kappa shape index (κ3) is 3.53. The van der Waals surface area contributed by atoms with Crippen molar-refractivity contribution in [2.75, 3.05) is 6.54 Å². The summed E-state index contributed by atoms with van der Waals surface area (Å²) in [4.78, 5) is 11.7. The van der Waals surface area contributed by atoms with Crippen LogP contribution in [0, 0.1) is 11.7 Å².